The number of benzene rings is 2. The quantitative estimate of drug-likeness (QED) is 0.806. The smallest absolute Gasteiger partial charge is 0.119 e. The molecule has 5 heteroatoms. The van der Waals surface area contributed by atoms with Crippen LogP contribution in [0.1, 0.15) is 24.2 Å². The van der Waals surface area contributed by atoms with E-state index in [1.807, 2.05) is 30.3 Å². The molecule has 0 amide bonds. The number of aliphatic hydroxyl groups excluding tert-OH is 1. The summed E-state index contributed by atoms with van der Waals surface area (Å²) in [4.78, 5) is 0. The molecule has 0 aliphatic carbocycles. The fraction of sp³-hybridized carbons (Fsp3) is 0.368. The Morgan fingerprint density at radius 2 is 1.83 bits per heavy atom. The maximum absolute atomic E-state index is 10.4. The molecule has 0 bridgehead atoms. The van der Waals surface area contributed by atoms with Gasteiger partial charge in [-0.25, -0.2) is 0 Å². The Balaban J connectivity index is 1.58. The molecule has 2 aromatic rings. The number of halogens is 2. The second-order valence-corrected chi connectivity index (χ2v) is 7.44. The van der Waals surface area contributed by atoms with Gasteiger partial charge in [-0.2, -0.15) is 0 Å². The molecule has 1 N–H and O–H groups in total. The third-order valence-corrected chi connectivity index (χ3v) is 4.91. The summed E-state index contributed by atoms with van der Waals surface area (Å²) in [5, 5.41) is 11.4. The maximum atomic E-state index is 10.4. The highest BCUT2D eigenvalue weighted by molar-refractivity contribution is 6.42. The molecule has 2 aromatic carbocycles. The molecule has 24 heavy (non-hydrogen) atoms. The second kappa shape index (κ2) is 7.32. The topological polar surface area (TPSA) is 38.7 Å². The van der Waals surface area contributed by atoms with Gasteiger partial charge in [0.15, 0.2) is 0 Å². The molecule has 1 unspecified atom stereocenters. The highest BCUT2D eigenvalue weighted by Crippen LogP contribution is 2.29. The van der Waals surface area contributed by atoms with Crippen molar-refractivity contribution in [3.05, 3.63) is 63.6 Å². The predicted molar refractivity (Wildman–Crippen MR) is 96.0 cm³/mol. The molecule has 1 atom stereocenters. The Kier molecular flexibility index (Phi) is 5.36. The summed E-state index contributed by atoms with van der Waals surface area (Å²) in [6.07, 6.45) is -0.124. The van der Waals surface area contributed by atoms with Crippen LogP contribution in [0.2, 0.25) is 10.0 Å². The first kappa shape index (κ1) is 17.6. The van der Waals surface area contributed by atoms with Gasteiger partial charge < -0.3 is 14.6 Å². The van der Waals surface area contributed by atoms with Crippen LogP contribution in [-0.4, -0.2) is 24.9 Å². The zero-order valence-corrected chi connectivity index (χ0v) is 15.0. The van der Waals surface area contributed by atoms with Crippen molar-refractivity contribution in [1.29, 1.82) is 0 Å². The molecule has 1 heterocycles. The van der Waals surface area contributed by atoms with Crippen LogP contribution in [0.15, 0.2) is 42.5 Å². The van der Waals surface area contributed by atoms with E-state index in [9.17, 15) is 5.11 Å². The lowest BCUT2D eigenvalue weighted by atomic mass is 9.90. The van der Waals surface area contributed by atoms with Gasteiger partial charge in [0.2, 0.25) is 0 Å². The van der Waals surface area contributed by atoms with Gasteiger partial charge in [0.1, 0.15) is 5.75 Å². The molecule has 1 fully saturated rings. The zero-order chi connectivity index (χ0) is 17.2. The summed E-state index contributed by atoms with van der Waals surface area (Å²) < 4.78 is 11.0. The summed E-state index contributed by atoms with van der Waals surface area (Å²) in [6, 6.07) is 12.9. The van der Waals surface area contributed by atoms with Crippen molar-refractivity contribution in [3.8, 4) is 5.75 Å². The van der Waals surface area contributed by atoms with Gasteiger partial charge in [-0.1, -0.05) is 48.3 Å². The SMILES string of the molecule is CC1(COc2ccc(C(O)Cc3ccc(Cl)c(Cl)c3)cc2)COC1. The molecule has 3 nitrogen and oxygen atoms in total. The Hall–Kier alpha value is -1.26. The van der Waals surface area contributed by atoms with Crippen LogP contribution in [0.4, 0.5) is 0 Å². The van der Waals surface area contributed by atoms with Crippen LogP contribution in [0.5, 0.6) is 5.75 Å². The summed E-state index contributed by atoms with van der Waals surface area (Å²) in [7, 11) is 0. The van der Waals surface area contributed by atoms with E-state index in [1.54, 1.807) is 12.1 Å². The molecule has 1 saturated heterocycles. The number of ether oxygens (including phenoxy) is 2. The Labute approximate surface area is 152 Å². The van der Waals surface area contributed by atoms with E-state index >= 15 is 0 Å². The molecule has 0 spiro atoms. The van der Waals surface area contributed by atoms with Crippen molar-refractivity contribution in [2.75, 3.05) is 19.8 Å². The molecule has 1 aliphatic heterocycles. The number of hydrogen-bond donors (Lipinski definition) is 1. The standard InChI is InChI=1S/C19H20Cl2O3/c1-19(10-23-11-19)12-24-15-5-3-14(4-6-15)18(22)9-13-2-7-16(20)17(21)8-13/h2-8,18,22H,9-12H2,1H3. The highest BCUT2D eigenvalue weighted by atomic mass is 35.5. The minimum absolute atomic E-state index is 0.117. The largest absolute Gasteiger partial charge is 0.493 e. The first-order valence-electron chi connectivity index (χ1n) is 7.88. The van der Waals surface area contributed by atoms with E-state index in [0.717, 1.165) is 30.1 Å². The van der Waals surface area contributed by atoms with Crippen molar-refractivity contribution in [3.63, 3.8) is 0 Å². The van der Waals surface area contributed by atoms with Gasteiger partial charge in [0.25, 0.3) is 0 Å². The van der Waals surface area contributed by atoms with Crippen molar-refractivity contribution < 1.29 is 14.6 Å². The van der Waals surface area contributed by atoms with Crippen molar-refractivity contribution >= 4 is 23.2 Å². The van der Waals surface area contributed by atoms with Crippen LogP contribution >= 0.6 is 23.2 Å². The van der Waals surface area contributed by atoms with Gasteiger partial charge in [-0.05, 0) is 35.4 Å². The lowest BCUT2D eigenvalue weighted by molar-refractivity contribution is -0.120. The van der Waals surface area contributed by atoms with Crippen molar-refractivity contribution in [2.24, 2.45) is 5.41 Å². The third-order valence-electron chi connectivity index (χ3n) is 4.17. The molecule has 0 aromatic heterocycles. The van der Waals surface area contributed by atoms with E-state index in [2.05, 4.69) is 6.92 Å². The Morgan fingerprint density at radius 3 is 2.42 bits per heavy atom. The van der Waals surface area contributed by atoms with E-state index in [-0.39, 0.29) is 5.41 Å². The lowest BCUT2D eigenvalue weighted by Gasteiger charge is -2.37. The lowest BCUT2D eigenvalue weighted by Crippen LogP contribution is -2.44. The van der Waals surface area contributed by atoms with Gasteiger partial charge in [-0.15, -0.1) is 0 Å². The van der Waals surface area contributed by atoms with Crippen LogP contribution < -0.4 is 4.74 Å². The summed E-state index contributed by atoms with van der Waals surface area (Å²) in [5.41, 5.74) is 1.90. The van der Waals surface area contributed by atoms with E-state index in [4.69, 9.17) is 32.7 Å². The fourth-order valence-electron chi connectivity index (χ4n) is 2.59. The first-order chi connectivity index (χ1) is 11.5. The van der Waals surface area contributed by atoms with Gasteiger partial charge in [-0.3, -0.25) is 0 Å². The minimum atomic E-state index is -0.603. The molecule has 1 aliphatic rings. The first-order valence-corrected chi connectivity index (χ1v) is 8.63. The van der Waals surface area contributed by atoms with Crippen LogP contribution in [0.25, 0.3) is 0 Å². The second-order valence-electron chi connectivity index (χ2n) is 6.63. The number of hydrogen-bond acceptors (Lipinski definition) is 3. The molecule has 0 saturated carbocycles. The van der Waals surface area contributed by atoms with Crippen LogP contribution in [-0.2, 0) is 11.2 Å². The average molecular weight is 367 g/mol. The molecular formula is C19H20Cl2O3. The average Bonchev–Trinajstić information content (AvgIpc) is 2.55. The molecule has 0 radical (unpaired) electrons. The van der Waals surface area contributed by atoms with E-state index in [1.165, 1.54) is 0 Å². The zero-order valence-electron chi connectivity index (χ0n) is 13.5. The van der Waals surface area contributed by atoms with Gasteiger partial charge in [0.05, 0.1) is 36.0 Å². The van der Waals surface area contributed by atoms with Crippen LogP contribution in [0.3, 0.4) is 0 Å². The monoisotopic (exact) mass is 366 g/mol. The predicted octanol–water partition coefficient (Wildman–Crippen LogP) is 4.68. The molecular weight excluding hydrogens is 347 g/mol. The van der Waals surface area contributed by atoms with Crippen molar-refractivity contribution in [2.45, 2.75) is 19.4 Å². The summed E-state index contributed by atoms with van der Waals surface area (Å²) in [6.45, 7) is 4.27. The van der Waals surface area contributed by atoms with Gasteiger partial charge in [0, 0.05) is 11.8 Å². The third kappa shape index (κ3) is 4.22. The highest BCUT2D eigenvalue weighted by Gasteiger charge is 2.34. The fourth-order valence-corrected chi connectivity index (χ4v) is 2.91. The Morgan fingerprint density at radius 1 is 1.12 bits per heavy atom. The van der Waals surface area contributed by atoms with Crippen LogP contribution in [0, 0.1) is 5.41 Å². The molecule has 128 valence electrons. The summed E-state index contributed by atoms with van der Waals surface area (Å²) in [5.74, 6) is 0.800. The number of aliphatic hydroxyl groups is 1. The normalized spacial score (nSPS) is 17.2. The van der Waals surface area contributed by atoms with Gasteiger partial charge >= 0.3 is 0 Å². The number of rotatable bonds is 6. The maximum Gasteiger partial charge on any atom is 0.119 e. The van der Waals surface area contributed by atoms with E-state index < -0.39 is 6.10 Å². The van der Waals surface area contributed by atoms with E-state index in [0.29, 0.717) is 23.1 Å². The van der Waals surface area contributed by atoms with Crippen molar-refractivity contribution in [1.82, 2.24) is 0 Å². The Bertz CT molecular complexity index is 696. The molecule has 3 rings (SSSR count). The summed E-state index contributed by atoms with van der Waals surface area (Å²) >= 11 is 11.9. The minimum Gasteiger partial charge on any atom is -0.493 e.